The molecule has 0 aliphatic carbocycles. The molecule has 0 saturated heterocycles. The molecule has 0 spiro atoms. The van der Waals surface area contributed by atoms with E-state index in [2.05, 4.69) is 15.5 Å². The maximum absolute atomic E-state index is 11.9. The van der Waals surface area contributed by atoms with Crippen LogP contribution in [-0.2, 0) is 11.3 Å². The molecule has 0 bridgehead atoms. The van der Waals surface area contributed by atoms with Gasteiger partial charge < -0.3 is 10.1 Å². The van der Waals surface area contributed by atoms with Gasteiger partial charge in [-0.1, -0.05) is 11.6 Å². The molecule has 23 heavy (non-hydrogen) atoms. The number of nitrogens with one attached hydrogen (secondary N) is 2. The highest BCUT2D eigenvalue weighted by Crippen LogP contribution is 2.22. The Hall–Kier alpha value is -2.59. The number of H-pyrrole nitrogens is 1. The van der Waals surface area contributed by atoms with Crippen LogP contribution in [0.25, 0.3) is 10.8 Å². The topological polar surface area (TPSA) is 108 Å². The van der Waals surface area contributed by atoms with Gasteiger partial charge in [0.1, 0.15) is 11.7 Å². The predicted molar refractivity (Wildman–Crippen MR) is 85.2 cm³/mol. The van der Waals surface area contributed by atoms with Crippen molar-refractivity contribution in [3.05, 3.63) is 38.8 Å². The minimum atomic E-state index is -0.623. The number of alkyl carbamates (subject to hydrolysis) is 1. The largest absolute Gasteiger partial charge is 0.444 e. The number of fused-ring (bicyclic) bond motifs is 1. The van der Waals surface area contributed by atoms with Crippen molar-refractivity contribution in [1.29, 1.82) is 5.26 Å². The van der Waals surface area contributed by atoms with E-state index in [0.717, 1.165) is 0 Å². The van der Waals surface area contributed by atoms with Gasteiger partial charge in [0.2, 0.25) is 0 Å². The molecule has 0 radical (unpaired) electrons. The third kappa shape index (κ3) is 3.99. The van der Waals surface area contributed by atoms with Crippen molar-refractivity contribution < 1.29 is 9.53 Å². The number of halogens is 1. The van der Waals surface area contributed by atoms with Gasteiger partial charge in [-0.15, -0.1) is 0 Å². The van der Waals surface area contributed by atoms with Crippen molar-refractivity contribution in [1.82, 2.24) is 15.5 Å². The Morgan fingerprint density at radius 3 is 2.78 bits per heavy atom. The Kier molecular flexibility index (Phi) is 4.57. The Balaban J connectivity index is 2.38. The fraction of sp³-hybridized carbons (Fsp3) is 0.333. The summed E-state index contributed by atoms with van der Waals surface area (Å²) in [6, 6.07) is 4.87. The van der Waals surface area contributed by atoms with Crippen molar-refractivity contribution in [2.45, 2.75) is 32.9 Å². The minimum absolute atomic E-state index is 0.0212. The molecular weight excluding hydrogens is 320 g/mol. The minimum Gasteiger partial charge on any atom is -0.444 e. The Morgan fingerprint density at radius 1 is 1.48 bits per heavy atom. The van der Waals surface area contributed by atoms with Gasteiger partial charge in [-0.05, 0) is 32.9 Å². The molecule has 0 saturated carbocycles. The Bertz CT molecular complexity index is 862. The summed E-state index contributed by atoms with van der Waals surface area (Å²) in [5, 5.41) is 18.8. The quantitative estimate of drug-likeness (QED) is 0.877. The lowest BCUT2D eigenvalue weighted by Crippen LogP contribution is -2.32. The summed E-state index contributed by atoms with van der Waals surface area (Å²) in [5.74, 6) is 0. The van der Waals surface area contributed by atoms with Crippen molar-refractivity contribution in [2.24, 2.45) is 0 Å². The summed E-state index contributed by atoms with van der Waals surface area (Å²) in [5.41, 5.74) is -0.588. The van der Waals surface area contributed by atoms with Crippen molar-refractivity contribution >= 4 is 28.5 Å². The van der Waals surface area contributed by atoms with Gasteiger partial charge in [0, 0.05) is 10.4 Å². The van der Waals surface area contributed by atoms with E-state index < -0.39 is 17.3 Å². The SMILES string of the molecule is CC(C)(C)OC(=O)NCc1n[nH]c(=O)c2c(C#N)cc(Cl)cc12. The van der Waals surface area contributed by atoms with Crippen LogP contribution in [-0.4, -0.2) is 21.9 Å². The number of carbonyl (C=O) groups excluding carboxylic acids is 1. The number of carbonyl (C=O) groups is 1. The van der Waals surface area contributed by atoms with Crippen LogP contribution in [0, 0.1) is 11.3 Å². The maximum atomic E-state index is 11.9. The number of hydrogen-bond donors (Lipinski definition) is 2. The van der Waals surface area contributed by atoms with E-state index in [1.165, 1.54) is 12.1 Å². The standard InChI is InChI=1S/C15H15ClN4O3/c1-15(2,3)23-14(22)18-7-11-10-5-9(16)4-8(6-17)12(10)13(21)20-19-11/h4-5H,7H2,1-3H3,(H,18,22)(H,20,21). The zero-order valence-electron chi connectivity index (χ0n) is 12.9. The van der Waals surface area contributed by atoms with Crippen LogP contribution in [0.5, 0.6) is 0 Å². The van der Waals surface area contributed by atoms with Crippen LogP contribution in [0.4, 0.5) is 4.79 Å². The molecule has 0 aliphatic rings. The molecule has 0 fully saturated rings. The number of aromatic nitrogens is 2. The zero-order chi connectivity index (χ0) is 17.2. The highest BCUT2D eigenvalue weighted by Gasteiger charge is 2.17. The van der Waals surface area contributed by atoms with Crippen LogP contribution in [0.3, 0.4) is 0 Å². The van der Waals surface area contributed by atoms with Gasteiger partial charge in [0.15, 0.2) is 0 Å². The fourth-order valence-electron chi connectivity index (χ4n) is 2.01. The second-order valence-electron chi connectivity index (χ2n) is 5.84. The normalized spacial score (nSPS) is 11.1. The summed E-state index contributed by atoms with van der Waals surface area (Å²) >= 11 is 5.97. The molecule has 0 aliphatic heterocycles. The van der Waals surface area contributed by atoms with E-state index >= 15 is 0 Å². The van der Waals surface area contributed by atoms with E-state index in [4.69, 9.17) is 21.6 Å². The predicted octanol–water partition coefficient (Wildman–Crippen LogP) is 2.47. The van der Waals surface area contributed by atoms with Gasteiger partial charge in [-0.25, -0.2) is 9.89 Å². The molecule has 2 rings (SSSR count). The first-order valence-corrected chi connectivity index (χ1v) is 7.17. The molecule has 0 unspecified atom stereocenters. The first-order chi connectivity index (χ1) is 10.7. The summed E-state index contributed by atoms with van der Waals surface area (Å²) in [4.78, 5) is 23.6. The van der Waals surface area contributed by atoms with Gasteiger partial charge >= 0.3 is 6.09 Å². The first kappa shape index (κ1) is 16.8. The molecule has 1 aromatic heterocycles. The van der Waals surface area contributed by atoms with Crippen LogP contribution < -0.4 is 10.9 Å². The molecular formula is C15H15ClN4O3. The monoisotopic (exact) mass is 334 g/mol. The Labute approximate surface area is 137 Å². The van der Waals surface area contributed by atoms with Gasteiger partial charge in [0.05, 0.1) is 23.2 Å². The van der Waals surface area contributed by atoms with E-state index in [9.17, 15) is 9.59 Å². The number of amides is 1. The molecule has 1 amide bonds. The number of benzene rings is 1. The maximum Gasteiger partial charge on any atom is 0.407 e. The van der Waals surface area contributed by atoms with Crippen LogP contribution >= 0.6 is 11.6 Å². The number of ether oxygens (including phenoxy) is 1. The van der Waals surface area contributed by atoms with E-state index in [0.29, 0.717) is 16.1 Å². The summed E-state index contributed by atoms with van der Waals surface area (Å²) in [6.45, 7) is 5.27. The molecule has 2 aromatic rings. The zero-order valence-corrected chi connectivity index (χ0v) is 13.6. The van der Waals surface area contributed by atoms with E-state index in [1.807, 2.05) is 6.07 Å². The van der Waals surface area contributed by atoms with Crippen LogP contribution in [0.15, 0.2) is 16.9 Å². The number of hydrogen-bond acceptors (Lipinski definition) is 5. The lowest BCUT2D eigenvalue weighted by molar-refractivity contribution is 0.0523. The van der Waals surface area contributed by atoms with Crippen molar-refractivity contribution in [2.75, 3.05) is 0 Å². The molecule has 7 nitrogen and oxygen atoms in total. The smallest absolute Gasteiger partial charge is 0.407 e. The van der Waals surface area contributed by atoms with E-state index in [1.54, 1.807) is 20.8 Å². The highest BCUT2D eigenvalue weighted by atomic mass is 35.5. The molecule has 1 aromatic carbocycles. The number of aromatic amines is 1. The molecule has 8 heteroatoms. The third-order valence-electron chi connectivity index (χ3n) is 2.85. The highest BCUT2D eigenvalue weighted by molar-refractivity contribution is 6.31. The third-order valence-corrected chi connectivity index (χ3v) is 3.07. The Morgan fingerprint density at radius 2 is 2.17 bits per heavy atom. The van der Waals surface area contributed by atoms with Crippen molar-refractivity contribution in [3.8, 4) is 6.07 Å². The second kappa shape index (κ2) is 6.26. The van der Waals surface area contributed by atoms with Crippen molar-refractivity contribution in [3.63, 3.8) is 0 Å². The lowest BCUT2D eigenvalue weighted by Gasteiger charge is -2.19. The molecule has 1 heterocycles. The van der Waals surface area contributed by atoms with Gasteiger partial charge in [-0.2, -0.15) is 10.4 Å². The average Bonchev–Trinajstić information content (AvgIpc) is 2.43. The fourth-order valence-corrected chi connectivity index (χ4v) is 2.22. The molecule has 0 atom stereocenters. The summed E-state index contributed by atoms with van der Waals surface area (Å²) in [7, 11) is 0. The average molecular weight is 335 g/mol. The summed E-state index contributed by atoms with van der Waals surface area (Å²) < 4.78 is 5.14. The molecule has 120 valence electrons. The number of nitriles is 1. The summed E-state index contributed by atoms with van der Waals surface area (Å²) in [6.07, 6.45) is -0.610. The first-order valence-electron chi connectivity index (χ1n) is 6.79. The molecule has 2 N–H and O–H groups in total. The van der Waals surface area contributed by atoms with Gasteiger partial charge in [-0.3, -0.25) is 4.79 Å². The van der Waals surface area contributed by atoms with Gasteiger partial charge in [0.25, 0.3) is 5.56 Å². The van der Waals surface area contributed by atoms with E-state index in [-0.39, 0.29) is 17.5 Å². The van der Waals surface area contributed by atoms with Crippen LogP contribution in [0.1, 0.15) is 32.0 Å². The number of rotatable bonds is 2. The second-order valence-corrected chi connectivity index (χ2v) is 6.28. The van der Waals surface area contributed by atoms with Crippen LogP contribution in [0.2, 0.25) is 5.02 Å². The lowest BCUT2D eigenvalue weighted by atomic mass is 10.1. The number of nitrogens with zero attached hydrogens (tertiary/aromatic N) is 2.